The first kappa shape index (κ1) is 20.1. The van der Waals surface area contributed by atoms with E-state index in [4.69, 9.17) is 24.7 Å². The van der Waals surface area contributed by atoms with E-state index in [-0.39, 0.29) is 29.9 Å². The Labute approximate surface area is 184 Å². The van der Waals surface area contributed by atoms with E-state index in [2.05, 4.69) is 21.1 Å². The minimum absolute atomic E-state index is 0.138. The van der Waals surface area contributed by atoms with Gasteiger partial charge in [-0.1, -0.05) is 11.6 Å². The van der Waals surface area contributed by atoms with Crippen LogP contribution in [0.4, 0.5) is 5.82 Å². The number of aromatic nitrogens is 4. The molecule has 2 aliphatic heterocycles. The van der Waals surface area contributed by atoms with Gasteiger partial charge in [0, 0.05) is 12.6 Å². The quantitative estimate of drug-likeness (QED) is 0.566. The monoisotopic (exact) mass is 434 g/mol. The van der Waals surface area contributed by atoms with Gasteiger partial charge in [-0.3, -0.25) is 4.68 Å². The lowest BCUT2D eigenvalue weighted by Gasteiger charge is -2.41. The highest BCUT2D eigenvalue weighted by Crippen LogP contribution is 2.38. The van der Waals surface area contributed by atoms with Crippen LogP contribution in [0.15, 0.2) is 24.4 Å². The van der Waals surface area contributed by atoms with E-state index in [0.717, 1.165) is 11.1 Å². The molecule has 0 unspecified atom stereocenters. The molecule has 5 rings (SSSR count). The summed E-state index contributed by atoms with van der Waals surface area (Å²) < 4.78 is 25.6. The minimum atomic E-state index is -0.692. The lowest BCUT2D eigenvalue weighted by molar-refractivity contribution is -0.177. The second-order valence-electron chi connectivity index (χ2n) is 8.08. The number of fused-ring (bicyclic) bond motifs is 5. The molecule has 2 aromatic heterocycles. The third kappa shape index (κ3) is 3.27. The number of hydrogen-bond donors (Lipinski definition) is 1. The molecule has 0 aliphatic carbocycles. The standard InChI is InChI=1S/C22H22N6O4/c1-12-4-5-17-14(6-12)13(2)31-21-19(24)25-8-15(26-21)18-16(7-23)28(3)27-20(18)30-11-22(32-17)9-29-10-22/h4-6,8,13H,9-11H2,1-3H3,(H2,24,25)/t13-/m1/s1. The van der Waals surface area contributed by atoms with Crippen LogP contribution in [-0.2, 0) is 11.8 Å². The summed E-state index contributed by atoms with van der Waals surface area (Å²) in [6, 6.07) is 8.05. The van der Waals surface area contributed by atoms with Gasteiger partial charge < -0.3 is 24.7 Å². The molecule has 10 heteroatoms. The second-order valence-corrected chi connectivity index (χ2v) is 8.08. The Morgan fingerprint density at radius 1 is 1.25 bits per heavy atom. The molecule has 0 amide bonds. The van der Waals surface area contributed by atoms with Crippen LogP contribution in [0.5, 0.6) is 17.5 Å². The van der Waals surface area contributed by atoms with Crippen LogP contribution in [0.3, 0.4) is 0 Å². The fourth-order valence-corrected chi connectivity index (χ4v) is 3.79. The summed E-state index contributed by atoms with van der Waals surface area (Å²) in [6.07, 6.45) is 1.05. The number of anilines is 1. The third-order valence-electron chi connectivity index (χ3n) is 5.56. The van der Waals surface area contributed by atoms with Crippen molar-refractivity contribution < 1.29 is 18.9 Å². The molecular weight excluding hydrogens is 412 g/mol. The molecule has 2 aliphatic rings. The topological polar surface area (TPSA) is 130 Å². The zero-order valence-electron chi connectivity index (χ0n) is 18.0. The van der Waals surface area contributed by atoms with E-state index in [0.29, 0.717) is 30.2 Å². The fraction of sp³-hybridized carbons (Fsp3) is 0.364. The number of nitrogens with two attached hydrogens (primary N) is 1. The van der Waals surface area contributed by atoms with Crippen molar-refractivity contribution in [1.82, 2.24) is 19.7 Å². The average Bonchev–Trinajstić information content (AvgIpc) is 3.07. The van der Waals surface area contributed by atoms with Gasteiger partial charge in [-0.2, -0.15) is 5.26 Å². The first-order chi connectivity index (χ1) is 15.4. The number of aryl methyl sites for hydroxylation is 2. The van der Waals surface area contributed by atoms with E-state index in [9.17, 15) is 5.26 Å². The summed E-state index contributed by atoms with van der Waals surface area (Å²) in [5, 5.41) is 14.1. The summed E-state index contributed by atoms with van der Waals surface area (Å²) >= 11 is 0. The number of nitriles is 1. The molecule has 2 N–H and O–H groups in total. The molecule has 1 spiro atoms. The van der Waals surface area contributed by atoms with Crippen LogP contribution >= 0.6 is 0 Å². The van der Waals surface area contributed by atoms with Gasteiger partial charge in [-0.15, -0.1) is 5.10 Å². The molecule has 3 aromatic rings. The number of hydrogen-bond acceptors (Lipinski definition) is 9. The van der Waals surface area contributed by atoms with Crippen LogP contribution in [-0.4, -0.2) is 45.2 Å². The van der Waals surface area contributed by atoms with Crippen molar-refractivity contribution in [1.29, 1.82) is 5.26 Å². The van der Waals surface area contributed by atoms with Crippen molar-refractivity contribution in [3.8, 4) is 34.8 Å². The van der Waals surface area contributed by atoms with Crippen LogP contribution < -0.4 is 19.9 Å². The van der Waals surface area contributed by atoms with Gasteiger partial charge in [0.1, 0.15) is 35.8 Å². The molecule has 32 heavy (non-hydrogen) atoms. The highest BCUT2D eigenvalue weighted by Gasteiger charge is 2.44. The molecule has 1 aromatic carbocycles. The maximum atomic E-state index is 9.71. The van der Waals surface area contributed by atoms with Crippen molar-refractivity contribution >= 4 is 5.82 Å². The lowest BCUT2D eigenvalue weighted by atomic mass is 10.0. The maximum absolute atomic E-state index is 9.71. The number of nitrogens with zero attached hydrogens (tertiary/aromatic N) is 5. The molecular formula is C22H22N6O4. The Morgan fingerprint density at radius 2 is 2.06 bits per heavy atom. The molecule has 1 fully saturated rings. The lowest BCUT2D eigenvalue weighted by Crippen LogP contribution is -2.58. The van der Waals surface area contributed by atoms with Crippen LogP contribution in [0.1, 0.15) is 29.8 Å². The van der Waals surface area contributed by atoms with Gasteiger partial charge in [-0.05, 0) is 26.0 Å². The molecule has 0 radical (unpaired) electrons. The Bertz CT molecular complexity index is 1240. The average molecular weight is 434 g/mol. The Morgan fingerprint density at radius 3 is 2.78 bits per heavy atom. The number of nitrogen functional groups attached to an aromatic ring is 1. The van der Waals surface area contributed by atoms with E-state index in [1.807, 2.05) is 32.0 Å². The maximum Gasteiger partial charge on any atom is 0.258 e. The smallest absolute Gasteiger partial charge is 0.258 e. The normalized spacial score (nSPS) is 18.8. The molecule has 1 saturated heterocycles. The second kappa shape index (κ2) is 7.39. The number of rotatable bonds is 0. The van der Waals surface area contributed by atoms with E-state index >= 15 is 0 Å². The van der Waals surface area contributed by atoms with Crippen LogP contribution in [0, 0.1) is 18.3 Å². The van der Waals surface area contributed by atoms with Crippen molar-refractivity contribution in [3.05, 3.63) is 41.2 Å². The molecule has 10 nitrogen and oxygen atoms in total. The minimum Gasteiger partial charge on any atom is -0.478 e. The highest BCUT2D eigenvalue weighted by atomic mass is 16.6. The van der Waals surface area contributed by atoms with Crippen molar-refractivity contribution in [3.63, 3.8) is 0 Å². The molecule has 0 saturated carbocycles. The predicted molar refractivity (Wildman–Crippen MR) is 113 cm³/mol. The van der Waals surface area contributed by atoms with Crippen molar-refractivity contribution in [2.45, 2.75) is 25.6 Å². The Kier molecular flexibility index (Phi) is 4.64. The van der Waals surface area contributed by atoms with E-state index in [1.54, 1.807) is 7.05 Å². The zero-order chi connectivity index (χ0) is 22.5. The highest BCUT2D eigenvalue weighted by molar-refractivity contribution is 5.71. The summed E-state index contributed by atoms with van der Waals surface area (Å²) in [5.41, 5.74) is 8.36. The van der Waals surface area contributed by atoms with E-state index in [1.165, 1.54) is 10.9 Å². The van der Waals surface area contributed by atoms with Gasteiger partial charge in [0.05, 0.1) is 19.4 Å². The molecule has 1 atom stereocenters. The van der Waals surface area contributed by atoms with Crippen molar-refractivity contribution in [2.24, 2.45) is 7.05 Å². The first-order valence-corrected chi connectivity index (χ1v) is 10.2. The Hall–Kier alpha value is -3.84. The number of benzene rings is 1. The fourth-order valence-electron chi connectivity index (χ4n) is 3.79. The van der Waals surface area contributed by atoms with Gasteiger partial charge in [0.2, 0.25) is 5.88 Å². The molecule has 164 valence electrons. The number of ether oxygens (including phenoxy) is 4. The SMILES string of the molecule is Cc1ccc2c(c1)[C@@H](C)Oc1nc(cnc1N)-c1c(nn(C)c1C#N)OCC1(COC1)O2. The summed E-state index contributed by atoms with van der Waals surface area (Å²) in [4.78, 5) is 8.79. The first-order valence-electron chi connectivity index (χ1n) is 10.2. The third-order valence-corrected chi connectivity index (χ3v) is 5.56. The Balaban J connectivity index is 1.69. The summed E-state index contributed by atoms with van der Waals surface area (Å²) in [7, 11) is 1.67. The summed E-state index contributed by atoms with van der Waals surface area (Å²) in [5.74, 6) is 1.21. The van der Waals surface area contributed by atoms with Crippen LogP contribution in [0.25, 0.3) is 11.3 Å². The molecule has 4 heterocycles. The predicted octanol–water partition coefficient (Wildman–Crippen LogP) is 2.32. The van der Waals surface area contributed by atoms with Crippen molar-refractivity contribution in [2.75, 3.05) is 25.6 Å². The molecule has 2 bridgehead atoms. The summed E-state index contributed by atoms with van der Waals surface area (Å²) in [6.45, 7) is 4.80. The zero-order valence-corrected chi connectivity index (χ0v) is 18.0. The van der Waals surface area contributed by atoms with Crippen LogP contribution in [0.2, 0.25) is 0 Å². The van der Waals surface area contributed by atoms with Gasteiger partial charge in [-0.25, -0.2) is 9.97 Å². The van der Waals surface area contributed by atoms with Gasteiger partial charge >= 0.3 is 0 Å². The largest absolute Gasteiger partial charge is 0.478 e. The van der Waals surface area contributed by atoms with Gasteiger partial charge in [0.25, 0.3) is 5.88 Å². The van der Waals surface area contributed by atoms with E-state index < -0.39 is 11.7 Å². The van der Waals surface area contributed by atoms with Gasteiger partial charge in [0.15, 0.2) is 17.1 Å².